The molecule has 2 aromatic carbocycles. The third kappa shape index (κ3) is 4.50. The van der Waals surface area contributed by atoms with Crippen LogP contribution in [0, 0.1) is 6.92 Å². The fourth-order valence-corrected chi connectivity index (χ4v) is 4.15. The predicted octanol–water partition coefficient (Wildman–Crippen LogP) is 3.39. The number of halogens is 1. The predicted molar refractivity (Wildman–Crippen MR) is 114 cm³/mol. The SMILES string of the molecule is Cc1nc(Nc2cccc(Cl)c2)cc(N2CCc3ccc(S(N)(=O)=O)cc3C2)n1. The number of fused-ring (bicyclic) bond motifs is 1. The molecule has 3 N–H and O–H groups in total. The molecule has 0 atom stereocenters. The second-order valence-corrected chi connectivity index (χ2v) is 8.94. The molecule has 29 heavy (non-hydrogen) atoms. The summed E-state index contributed by atoms with van der Waals surface area (Å²) in [4.78, 5) is 11.3. The quantitative estimate of drug-likeness (QED) is 0.659. The molecule has 3 aromatic rings. The maximum absolute atomic E-state index is 11.7. The van der Waals surface area contributed by atoms with E-state index in [2.05, 4.69) is 20.2 Å². The summed E-state index contributed by atoms with van der Waals surface area (Å²) < 4.78 is 23.4. The highest BCUT2D eigenvalue weighted by atomic mass is 35.5. The number of sulfonamides is 1. The molecule has 0 amide bonds. The van der Waals surface area contributed by atoms with Gasteiger partial charge < -0.3 is 10.2 Å². The van der Waals surface area contributed by atoms with Crippen LogP contribution in [-0.2, 0) is 23.0 Å². The Morgan fingerprint density at radius 3 is 2.69 bits per heavy atom. The van der Waals surface area contributed by atoms with Gasteiger partial charge >= 0.3 is 0 Å². The molecular formula is C20H20ClN5O2S. The highest BCUT2D eigenvalue weighted by Crippen LogP contribution is 2.27. The second kappa shape index (κ2) is 7.62. The molecule has 150 valence electrons. The van der Waals surface area contributed by atoms with Crippen LogP contribution < -0.4 is 15.4 Å². The largest absolute Gasteiger partial charge is 0.352 e. The van der Waals surface area contributed by atoms with Gasteiger partial charge in [-0.3, -0.25) is 0 Å². The maximum Gasteiger partial charge on any atom is 0.238 e. The molecule has 1 aliphatic rings. The van der Waals surface area contributed by atoms with Gasteiger partial charge in [-0.15, -0.1) is 0 Å². The molecular weight excluding hydrogens is 410 g/mol. The van der Waals surface area contributed by atoms with Crippen molar-refractivity contribution < 1.29 is 8.42 Å². The molecule has 0 bridgehead atoms. The van der Waals surface area contributed by atoms with Gasteiger partial charge in [0.1, 0.15) is 17.5 Å². The Morgan fingerprint density at radius 1 is 1.10 bits per heavy atom. The first-order valence-corrected chi connectivity index (χ1v) is 11.0. The zero-order valence-corrected chi connectivity index (χ0v) is 17.3. The summed E-state index contributed by atoms with van der Waals surface area (Å²) in [7, 11) is -3.73. The molecule has 4 rings (SSSR count). The zero-order chi connectivity index (χ0) is 20.6. The topological polar surface area (TPSA) is 101 Å². The number of rotatable bonds is 4. The average Bonchev–Trinajstić information content (AvgIpc) is 2.66. The highest BCUT2D eigenvalue weighted by Gasteiger charge is 2.20. The molecule has 2 heterocycles. The van der Waals surface area contributed by atoms with Crippen LogP contribution in [-0.4, -0.2) is 24.9 Å². The van der Waals surface area contributed by atoms with Crippen molar-refractivity contribution in [2.24, 2.45) is 5.14 Å². The maximum atomic E-state index is 11.7. The van der Waals surface area contributed by atoms with Gasteiger partial charge in [0.25, 0.3) is 0 Å². The molecule has 0 aliphatic carbocycles. The van der Waals surface area contributed by atoms with Gasteiger partial charge in [0.15, 0.2) is 0 Å². The summed E-state index contributed by atoms with van der Waals surface area (Å²) >= 11 is 6.06. The van der Waals surface area contributed by atoms with Crippen LogP contribution >= 0.6 is 11.6 Å². The zero-order valence-electron chi connectivity index (χ0n) is 15.8. The van der Waals surface area contributed by atoms with Crippen LogP contribution in [0.2, 0.25) is 5.02 Å². The number of nitrogens with zero attached hydrogens (tertiary/aromatic N) is 3. The van der Waals surface area contributed by atoms with Gasteiger partial charge in [0.2, 0.25) is 10.0 Å². The lowest BCUT2D eigenvalue weighted by Gasteiger charge is -2.30. The van der Waals surface area contributed by atoms with Crippen molar-refractivity contribution in [3.05, 3.63) is 70.5 Å². The van der Waals surface area contributed by atoms with Crippen LogP contribution in [0.1, 0.15) is 17.0 Å². The summed E-state index contributed by atoms with van der Waals surface area (Å²) in [6, 6.07) is 14.3. The molecule has 7 nitrogen and oxygen atoms in total. The number of aromatic nitrogens is 2. The Kier molecular flexibility index (Phi) is 5.16. The first-order valence-electron chi connectivity index (χ1n) is 9.06. The Morgan fingerprint density at radius 2 is 1.93 bits per heavy atom. The van der Waals surface area contributed by atoms with Gasteiger partial charge in [-0.25, -0.2) is 23.5 Å². The van der Waals surface area contributed by atoms with Crippen LogP contribution in [0.25, 0.3) is 0 Å². The summed E-state index contributed by atoms with van der Waals surface area (Å²) in [5.41, 5.74) is 2.89. The van der Waals surface area contributed by atoms with Gasteiger partial charge in [-0.1, -0.05) is 23.7 Å². The first kappa shape index (κ1) is 19.6. The van der Waals surface area contributed by atoms with E-state index in [1.165, 1.54) is 0 Å². The smallest absolute Gasteiger partial charge is 0.238 e. The molecule has 0 unspecified atom stereocenters. The van der Waals surface area contributed by atoms with Crippen LogP contribution in [0.15, 0.2) is 53.4 Å². The number of hydrogen-bond acceptors (Lipinski definition) is 6. The third-order valence-electron chi connectivity index (χ3n) is 4.76. The van der Waals surface area contributed by atoms with Gasteiger partial charge in [-0.2, -0.15) is 0 Å². The van der Waals surface area contributed by atoms with E-state index in [1.807, 2.05) is 43.3 Å². The van der Waals surface area contributed by atoms with Crippen molar-refractivity contribution in [3.63, 3.8) is 0 Å². The number of nitrogens with one attached hydrogen (secondary N) is 1. The van der Waals surface area contributed by atoms with E-state index in [0.29, 0.717) is 23.2 Å². The number of anilines is 3. The molecule has 0 fully saturated rings. The lowest BCUT2D eigenvalue weighted by molar-refractivity contribution is 0.597. The first-order chi connectivity index (χ1) is 13.8. The van der Waals surface area contributed by atoms with Crippen molar-refractivity contribution in [2.75, 3.05) is 16.8 Å². The molecule has 1 aliphatic heterocycles. The Balaban J connectivity index is 1.61. The van der Waals surface area contributed by atoms with Crippen LogP contribution in [0.4, 0.5) is 17.3 Å². The van der Waals surface area contributed by atoms with Crippen LogP contribution in [0.5, 0.6) is 0 Å². The summed E-state index contributed by atoms with van der Waals surface area (Å²) in [6.45, 7) is 3.16. The van der Waals surface area contributed by atoms with E-state index in [4.69, 9.17) is 16.7 Å². The summed E-state index contributed by atoms with van der Waals surface area (Å²) in [5, 5.41) is 9.17. The van der Waals surface area contributed by atoms with Gasteiger partial charge in [0.05, 0.1) is 4.90 Å². The van der Waals surface area contributed by atoms with E-state index in [0.717, 1.165) is 35.6 Å². The molecule has 9 heteroatoms. The van der Waals surface area contributed by atoms with E-state index in [9.17, 15) is 8.42 Å². The number of hydrogen-bond donors (Lipinski definition) is 2. The molecule has 0 saturated heterocycles. The monoisotopic (exact) mass is 429 g/mol. The fraction of sp³-hybridized carbons (Fsp3) is 0.200. The van der Waals surface area contributed by atoms with Crippen LogP contribution in [0.3, 0.4) is 0 Å². The number of aryl methyl sites for hydroxylation is 1. The second-order valence-electron chi connectivity index (χ2n) is 6.94. The minimum atomic E-state index is -3.73. The number of primary sulfonamides is 1. The molecule has 0 spiro atoms. The summed E-state index contributed by atoms with van der Waals surface area (Å²) in [6.07, 6.45) is 0.792. The normalized spacial score (nSPS) is 13.8. The average molecular weight is 430 g/mol. The number of nitrogens with two attached hydrogens (primary N) is 1. The van der Waals surface area contributed by atoms with E-state index < -0.39 is 10.0 Å². The van der Waals surface area contributed by atoms with Gasteiger partial charge in [0, 0.05) is 29.9 Å². The lowest BCUT2D eigenvalue weighted by Crippen LogP contribution is -2.31. The minimum absolute atomic E-state index is 0.125. The van der Waals surface area contributed by atoms with E-state index >= 15 is 0 Å². The van der Waals surface area contributed by atoms with Crippen molar-refractivity contribution in [1.82, 2.24) is 9.97 Å². The number of benzene rings is 2. The van der Waals surface area contributed by atoms with E-state index in [-0.39, 0.29) is 4.90 Å². The molecule has 0 radical (unpaired) electrons. The highest BCUT2D eigenvalue weighted by molar-refractivity contribution is 7.89. The summed E-state index contributed by atoms with van der Waals surface area (Å²) in [5.74, 6) is 2.07. The van der Waals surface area contributed by atoms with Crippen molar-refractivity contribution in [1.29, 1.82) is 0 Å². The standard InChI is InChI=1S/C20H20ClN5O2S/c1-13-23-19(25-17-4-2-3-16(21)10-17)11-20(24-13)26-8-7-14-5-6-18(29(22,27)28)9-15(14)12-26/h2-6,9-11H,7-8,12H2,1H3,(H2,22,27,28)(H,23,24,25). The van der Waals surface area contributed by atoms with E-state index in [1.54, 1.807) is 12.1 Å². The van der Waals surface area contributed by atoms with Gasteiger partial charge in [-0.05, 0) is 54.8 Å². The lowest BCUT2D eigenvalue weighted by atomic mass is 10.00. The Bertz CT molecular complexity index is 1180. The molecule has 0 saturated carbocycles. The third-order valence-corrected chi connectivity index (χ3v) is 5.91. The van der Waals surface area contributed by atoms with Crippen molar-refractivity contribution >= 4 is 38.9 Å². The molecule has 1 aromatic heterocycles. The van der Waals surface area contributed by atoms with Crippen molar-refractivity contribution in [2.45, 2.75) is 24.8 Å². The van der Waals surface area contributed by atoms with Crippen molar-refractivity contribution in [3.8, 4) is 0 Å². The minimum Gasteiger partial charge on any atom is -0.352 e. The Hall–Kier alpha value is -2.68. The Labute approximate surface area is 174 Å². The fourth-order valence-electron chi connectivity index (χ4n) is 3.40.